The fraction of sp³-hybridized carbons (Fsp3) is 0.200. The van der Waals surface area contributed by atoms with Crippen molar-refractivity contribution < 1.29 is 9.53 Å². The lowest BCUT2D eigenvalue weighted by Crippen LogP contribution is -2.12. The molecule has 1 aromatic carbocycles. The van der Waals surface area contributed by atoms with Crippen LogP contribution in [0, 0.1) is 0 Å². The van der Waals surface area contributed by atoms with Gasteiger partial charge in [0.15, 0.2) is 0 Å². The molecule has 0 aliphatic carbocycles. The summed E-state index contributed by atoms with van der Waals surface area (Å²) in [6.07, 6.45) is 2.78. The van der Waals surface area contributed by atoms with Crippen molar-refractivity contribution >= 4 is 11.6 Å². The van der Waals surface area contributed by atoms with E-state index in [1.165, 1.54) is 0 Å². The average molecular weight is 256 g/mol. The Morgan fingerprint density at radius 2 is 2.16 bits per heavy atom. The molecule has 4 nitrogen and oxygen atoms in total. The molecule has 1 N–H and O–H groups in total. The maximum absolute atomic E-state index is 11.8. The van der Waals surface area contributed by atoms with Gasteiger partial charge >= 0.3 is 0 Å². The van der Waals surface area contributed by atoms with Crippen LogP contribution >= 0.6 is 0 Å². The molecule has 0 spiro atoms. The third kappa shape index (κ3) is 4.10. The van der Waals surface area contributed by atoms with E-state index >= 15 is 0 Å². The molecule has 0 fully saturated rings. The molecule has 0 saturated carbocycles. The Bertz CT molecular complexity index is 541. The van der Waals surface area contributed by atoms with E-state index in [4.69, 9.17) is 4.74 Å². The zero-order valence-electron chi connectivity index (χ0n) is 10.8. The number of methoxy groups -OCH3 is 1. The number of nitrogens with one attached hydrogen (secondary N) is 1. The van der Waals surface area contributed by atoms with Crippen LogP contribution in [-0.2, 0) is 11.2 Å². The Kier molecular flexibility index (Phi) is 4.50. The van der Waals surface area contributed by atoms with Gasteiger partial charge in [-0.05, 0) is 30.7 Å². The molecule has 4 heteroatoms. The summed E-state index contributed by atoms with van der Waals surface area (Å²) in [5, 5.41) is 2.84. The number of nitrogens with zero attached hydrogens (tertiary/aromatic N) is 1. The molecule has 0 aliphatic heterocycles. The number of aromatic nitrogens is 1. The molecule has 0 atom stereocenters. The van der Waals surface area contributed by atoms with Crippen molar-refractivity contribution in [1.29, 1.82) is 0 Å². The van der Waals surface area contributed by atoms with Crippen LogP contribution in [-0.4, -0.2) is 18.0 Å². The third-order valence-electron chi connectivity index (χ3n) is 2.69. The van der Waals surface area contributed by atoms with Crippen molar-refractivity contribution in [2.45, 2.75) is 12.8 Å². The minimum atomic E-state index is -0.0288. The summed E-state index contributed by atoms with van der Waals surface area (Å²) in [5.41, 5.74) is 1.66. The van der Waals surface area contributed by atoms with Gasteiger partial charge in [0.05, 0.1) is 7.11 Å². The molecular weight excluding hydrogens is 240 g/mol. The first-order valence-electron chi connectivity index (χ1n) is 6.12. The molecule has 0 bridgehead atoms. The normalized spacial score (nSPS) is 9.95. The van der Waals surface area contributed by atoms with Crippen molar-refractivity contribution in [2.24, 2.45) is 0 Å². The second-order valence-electron chi connectivity index (χ2n) is 4.10. The van der Waals surface area contributed by atoms with Crippen LogP contribution in [0.4, 0.5) is 5.69 Å². The number of amides is 1. The highest BCUT2D eigenvalue weighted by molar-refractivity contribution is 5.90. The quantitative estimate of drug-likeness (QED) is 0.894. The van der Waals surface area contributed by atoms with Gasteiger partial charge in [0.25, 0.3) is 0 Å². The van der Waals surface area contributed by atoms with Crippen LogP contribution in [0.2, 0.25) is 0 Å². The Hall–Kier alpha value is -2.36. The number of carbonyl (C=O) groups excluding carboxylic acids is 1. The summed E-state index contributed by atoms with van der Waals surface area (Å²) >= 11 is 0. The van der Waals surface area contributed by atoms with Crippen LogP contribution in [0.15, 0.2) is 48.7 Å². The van der Waals surface area contributed by atoms with Crippen molar-refractivity contribution in [3.63, 3.8) is 0 Å². The van der Waals surface area contributed by atoms with Gasteiger partial charge in [-0.25, -0.2) is 0 Å². The van der Waals surface area contributed by atoms with Gasteiger partial charge in [0.1, 0.15) is 5.75 Å². The Labute approximate surface area is 112 Å². The maximum Gasteiger partial charge on any atom is 0.224 e. The standard InChI is InChI=1S/C15H16N2O2/c1-19-14-7-4-6-13(11-14)17-15(18)9-8-12-5-2-3-10-16-12/h2-7,10-11H,8-9H2,1H3,(H,17,18). The van der Waals surface area contributed by atoms with Crippen LogP contribution in [0.3, 0.4) is 0 Å². The van der Waals surface area contributed by atoms with Gasteiger partial charge in [0, 0.05) is 30.1 Å². The van der Waals surface area contributed by atoms with Gasteiger partial charge in [-0.15, -0.1) is 0 Å². The highest BCUT2D eigenvalue weighted by Gasteiger charge is 2.04. The van der Waals surface area contributed by atoms with Crippen LogP contribution in [0.1, 0.15) is 12.1 Å². The molecule has 1 heterocycles. The Balaban J connectivity index is 1.87. The number of pyridine rings is 1. The summed E-state index contributed by atoms with van der Waals surface area (Å²) in [6.45, 7) is 0. The van der Waals surface area contributed by atoms with Crippen LogP contribution in [0.5, 0.6) is 5.75 Å². The Morgan fingerprint density at radius 1 is 1.26 bits per heavy atom. The van der Waals surface area contributed by atoms with E-state index in [2.05, 4.69) is 10.3 Å². The fourth-order valence-corrected chi connectivity index (χ4v) is 1.71. The SMILES string of the molecule is COc1cccc(NC(=O)CCc2ccccn2)c1. The molecule has 2 aromatic rings. The number of carbonyl (C=O) groups is 1. The lowest BCUT2D eigenvalue weighted by atomic mass is 10.2. The third-order valence-corrected chi connectivity index (χ3v) is 2.69. The number of ether oxygens (including phenoxy) is 1. The zero-order chi connectivity index (χ0) is 13.5. The van der Waals surface area contributed by atoms with Gasteiger partial charge in [-0.3, -0.25) is 9.78 Å². The number of rotatable bonds is 5. The topological polar surface area (TPSA) is 51.2 Å². The van der Waals surface area contributed by atoms with E-state index in [-0.39, 0.29) is 5.91 Å². The number of benzene rings is 1. The largest absolute Gasteiger partial charge is 0.497 e. The fourth-order valence-electron chi connectivity index (χ4n) is 1.71. The predicted octanol–water partition coefficient (Wildman–Crippen LogP) is 2.66. The molecular formula is C15H16N2O2. The van der Waals surface area contributed by atoms with E-state index in [9.17, 15) is 4.79 Å². The van der Waals surface area contributed by atoms with Crippen LogP contribution in [0.25, 0.3) is 0 Å². The monoisotopic (exact) mass is 256 g/mol. The van der Waals surface area contributed by atoms with Crippen LogP contribution < -0.4 is 10.1 Å². The number of hydrogen-bond donors (Lipinski definition) is 1. The molecule has 1 aromatic heterocycles. The number of anilines is 1. The van der Waals surface area contributed by atoms with Crippen molar-refractivity contribution in [2.75, 3.05) is 12.4 Å². The average Bonchev–Trinajstić information content (AvgIpc) is 2.46. The predicted molar refractivity (Wildman–Crippen MR) is 74.2 cm³/mol. The molecule has 2 rings (SSSR count). The molecule has 0 unspecified atom stereocenters. The lowest BCUT2D eigenvalue weighted by molar-refractivity contribution is -0.116. The van der Waals surface area contributed by atoms with Gasteiger partial charge < -0.3 is 10.1 Å². The van der Waals surface area contributed by atoms with Gasteiger partial charge in [0.2, 0.25) is 5.91 Å². The number of hydrogen-bond acceptors (Lipinski definition) is 3. The molecule has 98 valence electrons. The van der Waals surface area contributed by atoms with Gasteiger partial charge in [-0.1, -0.05) is 12.1 Å². The van der Waals surface area contributed by atoms with E-state index in [1.54, 1.807) is 19.4 Å². The van der Waals surface area contributed by atoms with Crippen molar-refractivity contribution in [1.82, 2.24) is 4.98 Å². The number of aryl methyl sites for hydroxylation is 1. The highest BCUT2D eigenvalue weighted by Crippen LogP contribution is 2.16. The van der Waals surface area contributed by atoms with Crippen molar-refractivity contribution in [3.8, 4) is 5.75 Å². The van der Waals surface area contributed by atoms with E-state index in [0.29, 0.717) is 12.8 Å². The highest BCUT2D eigenvalue weighted by atomic mass is 16.5. The first-order valence-corrected chi connectivity index (χ1v) is 6.12. The van der Waals surface area contributed by atoms with E-state index in [0.717, 1.165) is 17.1 Å². The summed E-state index contributed by atoms with van der Waals surface area (Å²) < 4.78 is 5.10. The van der Waals surface area contributed by atoms with Crippen molar-refractivity contribution in [3.05, 3.63) is 54.4 Å². The van der Waals surface area contributed by atoms with E-state index in [1.807, 2.05) is 36.4 Å². The molecule has 0 aliphatic rings. The Morgan fingerprint density at radius 3 is 2.89 bits per heavy atom. The minimum Gasteiger partial charge on any atom is -0.497 e. The first kappa shape index (κ1) is 13.1. The lowest BCUT2D eigenvalue weighted by Gasteiger charge is -2.06. The maximum atomic E-state index is 11.8. The smallest absolute Gasteiger partial charge is 0.224 e. The molecule has 1 amide bonds. The molecule has 19 heavy (non-hydrogen) atoms. The zero-order valence-corrected chi connectivity index (χ0v) is 10.8. The molecule has 0 saturated heterocycles. The second-order valence-corrected chi connectivity index (χ2v) is 4.10. The summed E-state index contributed by atoms with van der Waals surface area (Å²) in [5.74, 6) is 0.696. The minimum absolute atomic E-state index is 0.0288. The first-order chi connectivity index (χ1) is 9.28. The van der Waals surface area contributed by atoms with Gasteiger partial charge in [-0.2, -0.15) is 0 Å². The van der Waals surface area contributed by atoms with E-state index < -0.39 is 0 Å². The second kappa shape index (κ2) is 6.54. The summed E-state index contributed by atoms with van der Waals surface area (Å²) in [4.78, 5) is 16.0. The summed E-state index contributed by atoms with van der Waals surface area (Å²) in [7, 11) is 1.60. The molecule has 0 radical (unpaired) electrons. The summed E-state index contributed by atoms with van der Waals surface area (Å²) in [6, 6.07) is 13.0.